The van der Waals surface area contributed by atoms with Gasteiger partial charge in [-0.2, -0.15) is 0 Å². The first-order valence-corrected chi connectivity index (χ1v) is 19.0. The van der Waals surface area contributed by atoms with Gasteiger partial charge >= 0.3 is 13.6 Å². The van der Waals surface area contributed by atoms with E-state index in [4.69, 9.17) is 34.3 Å². The van der Waals surface area contributed by atoms with Crippen LogP contribution in [0.5, 0.6) is 0 Å². The molecular weight excluding hydrogens is 674 g/mol. The van der Waals surface area contributed by atoms with E-state index in [1.165, 1.54) is 29.9 Å². The summed E-state index contributed by atoms with van der Waals surface area (Å²) in [6, 6.07) is -0.672. The average molecular weight is 701 g/mol. The van der Waals surface area contributed by atoms with Crippen LogP contribution in [0.4, 0.5) is 11.6 Å². The second-order valence-corrected chi connectivity index (χ2v) is 17.1. The quantitative estimate of drug-likeness (QED) is 0.125. The van der Waals surface area contributed by atoms with Crippen LogP contribution in [0.1, 0.15) is 18.7 Å². The second-order valence-electron chi connectivity index (χ2n) is 11.3. The highest BCUT2D eigenvalue weighted by atomic mass is 32.7. The van der Waals surface area contributed by atoms with Crippen molar-refractivity contribution in [2.75, 3.05) is 24.7 Å². The molecule has 4 aliphatic rings. The Labute approximate surface area is 263 Å². The minimum atomic E-state index is -4.25. The number of aromatic nitrogens is 8. The lowest BCUT2D eigenvalue weighted by atomic mass is 10.0. The largest absolute Gasteiger partial charge is 0.388 e. The van der Waals surface area contributed by atoms with E-state index in [9.17, 15) is 19.3 Å². The maximum atomic E-state index is 13.7. The van der Waals surface area contributed by atoms with Gasteiger partial charge in [0, 0.05) is 5.41 Å². The van der Waals surface area contributed by atoms with E-state index < -0.39 is 68.4 Å². The fraction of sp³-hybridized carbons (Fsp3) is 0.545. The number of nitrogens with zero attached hydrogens (tertiary/aromatic N) is 8. The average Bonchev–Trinajstić information content (AvgIpc) is 3.28. The fourth-order valence-corrected chi connectivity index (χ4v) is 9.76. The molecule has 0 amide bonds. The molecular formula is C22H26N10O9P2S2. The Morgan fingerprint density at radius 3 is 2.18 bits per heavy atom. The van der Waals surface area contributed by atoms with Crippen molar-refractivity contribution in [2.24, 2.45) is 11.3 Å². The summed E-state index contributed by atoms with van der Waals surface area (Å²) in [5.74, 6) is -0.0617. The summed E-state index contributed by atoms with van der Waals surface area (Å²) in [5.41, 5.74) is 12.1. The molecule has 2 aliphatic heterocycles. The predicted octanol–water partition coefficient (Wildman–Crippen LogP) is 0.904. The van der Waals surface area contributed by atoms with Gasteiger partial charge in [-0.1, -0.05) is 24.5 Å². The molecule has 6 heterocycles. The predicted molar refractivity (Wildman–Crippen MR) is 160 cm³/mol. The zero-order valence-corrected chi connectivity index (χ0v) is 26.4. The van der Waals surface area contributed by atoms with Crippen molar-refractivity contribution in [3.8, 4) is 0 Å². The first-order chi connectivity index (χ1) is 21.4. The number of imidazole rings is 2. The Balaban J connectivity index is 1.14. The van der Waals surface area contributed by atoms with Gasteiger partial charge in [0.25, 0.3) is 0 Å². The van der Waals surface area contributed by atoms with Gasteiger partial charge < -0.3 is 35.5 Å². The van der Waals surface area contributed by atoms with Crippen LogP contribution >= 0.6 is 38.1 Å². The van der Waals surface area contributed by atoms with Crippen molar-refractivity contribution in [3.63, 3.8) is 0 Å². The molecule has 6 N–H and O–H groups in total. The van der Waals surface area contributed by atoms with E-state index in [-0.39, 0.29) is 35.3 Å². The zero-order valence-electron chi connectivity index (χ0n) is 22.8. The van der Waals surface area contributed by atoms with Gasteiger partial charge in [-0.15, -0.1) is 0 Å². The van der Waals surface area contributed by atoms with Gasteiger partial charge in [0.15, 0.2) is 29.2 Å². The van der Waals surface area contributed by atoms with Crippen molar-refractivity contribution >= 4 is 72.1 Å². The summed E-state index contributed by atoms with van der Waals surface area (Å²) in [7, 11) is 0. The maximum Gasteiger partial charge on any atom is 0.386 e. The number of thiol groups is 2. The number of aliphatic hydroxyl groups is 2. The normalized spacial score (nSPS) is 41.7. The molecule has 19 nitrogen and oxygen atoms in total. The molecule has 23 heteroatoms. The molecule has 2 bridgehead atoms. The number of aliphatic hydroxyl groups excluding tert-OH is 2. The third kappa shape index (κ3) is 4.71. The molecule has 240 valence electrons. The first kappa shape index (κ1) is 29.9. The zero-order chi connectivity index (χ0) is 31.5. The molecule has 0 aromatic carbocycles. The molecule has 2 saturated carbocycles. The topological polar surface area (TPSA) is 260 Å². The SMILES string of the molecule is Nc1ncnc2c1ncn2[C@H]1[C@H](O)[C@@H]2O[P@@](=O)(S)OC[C@H]3O[C@@H](n4cnc5c(N)ncnc54)[C@H](O[P@](=O)(S)OC[C@]24C[C@H]14)[C@@H]3O. The van der Waals surface area contributed by atoms with Crippen molar-refractivity contribution in [1.29, 1.82) is 0 Å². The van der Waals surface area contributed by atoms with E-state index >= 15 is 0 Å². The molecule has 11 atom stereocenters. The fourth-order valence-electron chi connectivity index (χ4n) is 6.73. The van der Waals surface area contributed by atoms with E-state index in [1.807, 2.05) is 0 Å². The molecule has 4 aromatic heterocycles. The molecule has 45 heavy (non-hydrogen) atoms. The summed E-state index contributed by atoms with van der Waals surface area (Å²) in [6.45, 7) is -9.24. The van der Waals surface area contributed by atoms with Gasteiger partial charge in [0.1, 0.15) is 54.2 Å². The van der Waals surface area contributed by atoms with Crippen LogP contribution in [0.2, 0.25) is 0 Å². The highest BCUT2D eigenvalue weighted by Gasteiger charge is 2.74. The summed E-state index contributed by atoms with van der Waals surface area (Å²) in [6.07, 6.45) is -1.85. The van der Waals surface area contributed by atoms with Crippen LogP contribution in [-0.4, -0.2) is 93.0 Å². The van der Waals surface area contributed by atoms with Gasteiger partial charge in [-0.25, -0.2) is 39.0 Å². The highest BCUT2D eigenvalue weighted by Crippen LogP contribution is 2.73. The summed E-state index contributed by atoms with van der Waals surface area (Å²) < 4.78 is 59.6. The highest BCUT2D eigenvalue weighted by molar-refractivity contribution is 8.44. The van der Waals surface area contributed by atoms with Crippen molar-refractivity contribution in [3.05, 3.63) is 25.3 Å². The summed E-state index contributed by atoms with van der Waals surface area (Å²) in [5, 5.41) is 22.8. The Morgan fingerprint density at radius 2 is 1.49 bits per heavy atom. The lowest BCUT2D eigenvalue weighted by Gasteiger charge is -2.31. The molecule has 1 spiro atoms. The van der Waals surface area contributed by atoms with Gasteiger partial charge in [-0.05, 0) is 12.3 Å². The van der Waals surface area contributed by atoms with E-state index in [0.29, 0.717) is 17.6 Å². The smallest absolute Gasteiger partial charge is 0.386 e. The molecule has 0 radical (unpaired) electrons. The third-order valence-corrected chi connectivity index (χ3v) is 12.1. The van der Waals surface area contributed by atoms with Crippen LogP contribution in [0.15, 0.2) is 25.3 Å². The molecule has 2 aliphatic carbocycles. The Morgan fingerprint density at radius 1 is 0.867 bits per heavy atom. The maximum absolute atomic E-state index is 13.7. The standard InChI is InChI=1S/C22H26N10O9P2S2/c23-17-10-19(27-4-25-17)31(6-29-10)12-8-1-22(8)3-38-43(36,45)40-15-13(33)9(2-37-42(35,44)41-16(22)14(12)34)39-21(15)32-7-30-11-18(24)26-5-28-20(11)32/h4-9,12-16,21,33-34H,1-3H2,(H,35,44)(H,36,45)(H2,23,25,27)(H2,24,26,28)/t8-,9-,12-,13-,14+,15-,16+,21-,22+,42+,43-/m1/s1. The van der Waals surface area contributed by atoms with E-state index in [2.05, 4.69) is 54.4 Å². The minimum absolute atomic E-state index is 0.109. The first-order valence-electron chi connectivity index (χ1n) is 13.6. The Hall–Kier alpha value is -2.42. The summed E-state index contributed by atoms with van der Waals surface area (Å²) in [4.78, 5) is 24.9. The van der Waals surface area contributed by atoms with Gasteiger partial charge in [-0.3, -0.25) is 18.1 Å². The molecule has 4 aromatic rings. The molecule has 2 saturated heterocycles. The number of fused-ring (bicyclic) bond motifs is 4. The van der Waals surface area contributed by atoms with E-state index in [0.717, 1.165) is 0 Å². The lowest BCUT2D eigenvalue weighted by Crippen LogP contribution is -2.37. The Kier molecular flexibility index (Phi) is 6.85. The third-order valence-electron chi connectivity index (χ3n) is 8.90. The van der Waals surface area contributed by atoms with Crippen LogP contribution in [0.25, 0.3) is 22.3 Å². The van der Waals surface area contributed by atoms with Gasteiger partial charge in [0.05, 0.1) is 31.9 Å². The van der Waals surface area contributed by atoms with Crippen molar-refractivity contribution in [1.82, 2.24) is 39.0 Å². The number of rotatable bonds is 2. The number of nitrogens with two attached hydrogens (primary N) is 2. The van der Waals surface area contributed by atoms with Crippen LogP contribution in [-0.2, 0) is 32.0 Å². The second kappa shape index (κ2) is 10.3. The summed E-state index contributed by atoms with van der Waals surface area (Å²) >= 11 is 8.39. The monoisotopic (exact) mass is 700 g/mol. The van der Waals surface area contributed by atoms with Crippen LogP contribution in [0, 0.1) is 11.3 Å². The number of nitrogen functional groups attached to an aromatic ring is 2. The van der Waals surface area contributed by atoms with Crippen molar-refractivity contribution in [2.45, 2.75) is 49.2 Å². The van der Waals surface area contributed by atoms with Crippen LogP contribution in [0.3, 0.4) is 0 Å². The number of ether oxygens (including phenoxy) is 1. The minimum Gasteiger partial charge on any atom is -0.388 e. The number of anilines is 2. The van der Waals surface area contributed by atoms with Crippen LogP contribution < -0.4 is 11.5 Å². The lowest BCUT2D eigenvalue weighted by molar-refractivity contribution is -0.0554. The molecule has 4 fully saturated rings. The molecule has 0 unspecified atom stereocenters. The van der Waals surface area contributed by atoms with Gasteiger partial charge in [0.2, 0.25) is 0 Å². The Bertz CT molecular complexity index is 1930. The number of hydrogen-bond acceptors (Lipinski definition) is 17. The number of hydrogen-bond donors (Lipinski definition) is 6. The van der Waals surface area contributed by atoms with E-state index in [1.54, 1.807) is 4.57 Å². The van der Waals surface area contributed by atoms with Crippen molar-refractivity contribution < 1.29 is 42.2 Å². The molecule has 8 rings (SSSR count).